The van der Waals surface area contributed by atoms with E-state index in [4.69, 9.17) is 13.7 Å². The Hall–Kier alpha value is -2.63. The third-order valence-electron chi connectivity index (χ3n) is 2.85. The molecule has 0 unspecified atom stereocenters. The molecule has 0 aliphatic rings. The standard InChI is InChI=1S/C14H12N2O4/c1-8-5-14(17)19-12-6-10(3-4-11(8)12)18-7-13-15-9(2)16-20-13/h3-6H,7H2,1-2H3. The van der Waals surface area contributed by atoms with Crippen LogP contribution in [0.15, 0.2) is 38.0 Å². The predicted molar refractivity (Wildman–Crippen MR) is 70.6 cm³/mol. The van der Waals surface area contributed by atoms with Gasteiger partial charge in [0.1, 0.15) is 11.3 Å². The van der Waals surface area contributed by atoms with Gasteiger partial charge in [-0.2, -0.15) is 4.98 Å². The van der Waals surface area contributed by atoms with Crippen LogP contribution in [-0.4, -0.2) is 10.1 Å². The van der Waals surface area contributed by atoms with Crippen LogP contribution in [0.25, 0.3) is 11.0 Å². The third-order valence-corrected chi connectivity index (χ3v) is 2.85. The lowest BCUT2D eigenvalue weighted by Crippen LogP contribution is -1.99. The summed E-state index contributed by atoms with van der Waals surface area (Å²) in [6.45, 7) is 3.77. The van der Waals surface area contributed by atoms with Crippen molar-refractivity contribution in [3.8, 4) is 5.75 Å². The molecule has 0 aliphatic carbocycles. The number of rotatable bonds is 3. The predicted octanol–water partition coefficient (Wildman–Crippen LogP) is 2.37. The maximum atomic E-state index is 11.4. The Bertz CT molecular complexity index is 819. The molecule has 3 rings (SSSR count). The highest BCUT2D eigenvalue weighted by Gasteiger charge is 2.06. The van der Waals surface area contributed by atoms with Gasteiger partial charge in [-0.3, -0.25) is 0 Å². The quantitative estimate of drug-likeness (QED) is 0.681. The first-order valence-electron chi connectivity index (χ1n) is 6.08. The molecule has 0 saturated carbocycles. The van der Waals surface area contributed by atoms with Gasteiger partial charge < -0.3 is 13.7 Å². The van der Waals surface area contributed by atoms with Gasteiger partial charge in [0.2, 0.25) is 0 Å². The molecule has 0 amide bonds. The molecule has 0 saturated heterocycles. The lowest BCUT2D eigenvalue weighted by molar-refractivity contribution is 0.242. The van der Waals surface area contributed by atoms with Gasteiger partial charge in [-0.1, -0.05) is 5.16 Å². The first-order chi connectivity index (χ1) is 9.61. The molecule has 6 heteroatoms. The third kappa shape index (κ3) is 2.40. The number of aryl methyl sites for hydroxylation is 2. The van der Waals surface area contributed by atoms with Crippen LogP contribution < -0.4 is 10.4 Å². The molecule has 102 valence electrons. The first kappa shape index (κ1) is 12.4. The molecule has 20 heavy (non-hydrogen) atoms. The van der Waals surface area contributed by atoms with Crippen molar-refractivity contribution in [1.29, 1.82) is 0 Å². The maximum Gasteiger partial charge on any atom is 0.336 e. The van der Waals surface area contributed by atoms with Gasteiger partial charge in [-0.25, -0.2) is 4.79 Å². The fraction of sp³-hybridized carbons (Fsp3) is 0.214. The zero-order valence-corrected chi connectivity index (χ0v) is 11.0. The van der Waals surface area contributed by atoms with Gasteiger partial charge in [0.15, 0.2) is 12.4 Å². The van der Waals surface area contributed by atoms with Gasteiger partial charge >= 0.3 is 5.63 Å². The van der Waals surface area contributed by atoms with Crippen molar-refractivity contribution in [1.82, 2.24) is 10.1 Å². The van der Waals surface area contributed by atoms with E-state index in [9.17, 15) is 4.79 Å². The van der Waals surface area contributed by atoms with Gasteiger partial charge in [0.25, 0.3) is 5.89 Å². The van der Waals surface area contributed by atoms with Gasteiger partial charge in [0, 0.05) is 17.5 Å². The lowest BCUT2D eigenvalue weighted by Gasteiger charge is -2.05. The van der Waals surface area contributed by atoms with Crippen molar-refractivity contribution in [2.24, 2.45) is 0 Å². The molecule has 0 atom stereocenters. The van der Waals surface area contributed by atoms with Crippen molar-refractivity contribution in [2.75, 3.05) is 0 Å². The molecule has 3 aromatic rings. The number of nitrogens with zero attached hydrogens (tertiary/aromatic N) is 2. The summed E-state index contributed by atoms with van der Waals surface area (Å²) in [7, 11) is 0. The van der Waals surface area contributed by atoms with Gasteiger partial charge in [0.05, 0.1) is 0 Å². The van der Waals surface area contributed by atoms with Crippen molar-refractivity contribution in [3.63, 3.8) is 0 Å². The van der Waals surface area contributed by atoms with Crippen LogP contribution in [0.4, 0.5) is 0 Å². The van der Waals surface area contributed by atoms with E-state index in [0.29, 0.717) is 23.0 Å². The van der Waals surface area contributed by atoms with Crippen molar-refractivity contribution in [2.45, 2.75) is 20.5 Å². The Kier molecular flexibility index (Phi) is 2.98. The average Bonchev–Trinajstić information content (AvgIpc) is 2.81. The molecule has 0 spiro atoms. The summed E-state index contributed by atoms with van der Waals surface area (Å²) in [6.07, 6.45) is 0. The van der Waals surface area contributed by atoms with E-state index in [1.807, 2.05) is 13.0 Å². The van der Waals surface area contributed by atoms with Crippen molar-refractivity contribution in [3.05, 3.63) is 52.0 Å². The topological polar surface area (TPSA) is 78.4 Å². The normalized spacial score (nSPS) is 10.9. The minimum atomic E-state index is -0.375. The summed E-state index contributed by atoms with van der Waals surface area (Å²) < 4.78 is 15.6. The molecular weight excluding hydrogens is 260 g/mol. The van der Waals surface area contributed by atoms with E-state index < -0.39 is 0 Å². The van der Waals surface area contributed by atoms with Crippen molar-refractivity contribution < 1.29 is 13.7 Å². The number of benzene rings is 1. The van der Waals surface area contributed by atoms with Crippen LogP contribution in [-0.2, 0) is 6.61 Å². The highest BCUT2D eigenvalue weighted by atomic mass is 16.5. The van der Waals surface area contributed by atoms with E-state index in [1.54, 1.807) is 19.1 Å². The van der Waals surface area contributed by atoms with Gasteiger partial charge in [-0.05, 0) is 31.5 Å². The summed E-state index contributed by atoms with van der Waals surface area (Å²) in [5.74, 6) is 1.53. The van der Waals surface area contributed by atoms with E-state index in [-0.39, 0.29) is 12.2 Å². The van der Waals surface area contributed by atoms with Crippen LogP contribution >= 0.6 is 0 Å². The number of ether oxygens (including phenoxy) is 1. The summed E-state index contributed by atoms with van der Waals surface area (Å²) in [6, 6.07) is 6.79. The lowest BCUT2D eigenvalue weighted by atomic mass is 10.1. The summed E-state index contributed by atoms with van der Waals surface area (Å²) in [5, 5.41) is 4.56. The zero-order valence-electron chi connectivity index (χ0n) is 11.0. The first-order valence-corrected chi connectivity index (χ1v) is 6.08. The molecular formula is C14H12N2O4. The number of fused-ring (bicyclic) bond motifs is 1. The minimum Gasteiger partial charge on any atom is -0.484 e. The van der Waals surface area contributed by atoms with E-state index in [0.717, 1.165) is 10.9 Å². The second-order valence-corrected chi connectivity index (χ2v) is 4.43. The Morgan fingerprint density at radius 2 is 2.10 bits per heavy atom. The fourth-order valence-corrected chi connectivity index (χ4v) is 1.94. The Morgan fingerprint density at radius 1 is 1.25 bits per heavy atom. The smallest absolute Gasteiger partial charge is 0.336 e. The van der Waals surface area contributed by atoms with Crippen LogP contribution in [0, 0.1) is 13.8 Å². The maximum absolute atomic E-state index is 11.4. The Labute approximate surface area is 114 Å². The minimum absolute atomic E-state index is 0.169. The fourth-order valence-electron chi connectivity index (χ4n) is 1.94. The van der Waals surface area contributed by atoms with Crippen LogP contribution in [0.3, 0.4) is 0 Å². The SMILES string of the molecule is Cc1noc(COc2ccc3c(C)cc(=O)oc3c2)n1. The second-order valence-electron chi connectivity index (χ2n) is 4.43. The molecule has 2 aromatic heterocycles. The molecule has 0 fully saturated rings. The van der Waals surface area contributed by atoms with Crippen LogP contribution in [0.1, 0.15) is 17.3 Å². The molecule has 1 aromatic carbocycles. The number of aromatic nitrogens is 2. The van der Waals surface area contributed by atoms with E-state index in [2.05, 4.69) is 10.1 Å². The Morgan fingerprint density at radius 3 is 2.85 bits per heavy atom. The number of hydrogen-bond acceptors (Lipinski definition) is 6. The molecule has 6 nitrogen and oxygen atoms in total. The summed E-state index contributed by atoms with van der Waals surface area (Å²) in [5.41, 5.74) is 0.990. The van der Waals surface area contributed by atoms with Crippen LogP contribution in [0.2, 0.25) is 0 Å². The summed E-state index contributed by atoms with van der Waals surface area (Å²) >= 11 is 0. The highest BCUT2D eigenvalue weighted by Crippen LogP contribution is 2.22. The second kappa shape index (κ2) is 4.80. The molecule has 0 aliphatic heterocycles. The van der Waals surface area contributed by atoms with Crippen LogP contribution in [0.5, 0.6) is 5.75 Å². The molecule has 0 N–H and O–H groups in total. The van der Waals surface area contributed by atoms with Gasteiger partial charge in [-0.15, -0.1) is 0 Å². The highest BCUT2D eigenvalue weighted by molar-refractivity contribution is 5.81. The molecule has 0 bridgehead atoms. The van der Waals surface area contributed by atoms with E-state index in [1.165, 1.54) is 6.07 Å². The molecule has 2 heterocycles. The van der Waals surface area contributed by atoms with Crippen molar-refractivity contribution >= 4 is 11.0 Å². The largest absolute Gasteiger partial charge is 0.484 e. The average molecular weight is 272 g/mol. The monoisotopic (exact) mass is 272 g/mol. The molecule has 0 radical (unpaired) electrons. The Balaban J connectivity index is 1.87. The zero-order chi connectivity index (χ0) is 14.1. The number of hydrogen-bond donors (Lipinski definition) is 0. The summed E-state index contributed by atoms with van der Waals surface area (Å²) in [4.78, 5) is 15.4. The van der Waals surface area contributed by atoms with E-state index >= 15 is 0 Å².